The maximum absolute atomic E-state index is 13.0. The molecule has 3 heterocycles. The molecule has 2 aromatic carbocycles. The quantitative estimate of drug-likeness (QED) is 0.510. The molecule has 2 aliphatic heterocycles. The summed E-state index contributed by atoms with van der Waals surface area (Å²) in [5, 5.41) is 16.0. The van der Waals surface area contributed by atoms with Crippen molar-refractivity contribution in [2.45, 2.75) is 25.3 Å². The third-order valence-corrected chi connectivity index (χ3v) is 6.26. The molecule has 1 amide bonds. The zero-order valence-electron chi connectivity index (χ0n) is 18.9. The molecule has 0 bridgehead atoms. The van der Waals surface area contributed by atoms with E-state index >= 15 is 0 Å². The fourth-order valence-electron chi connectivity index (χ4n) is 4.21. The number of carboxylic acids is 1. The third kappa shape index (κ3) is 4.59. The van der Waals surface area contributed by atoms with Gasteiger partial charge in [0.25, 0.3) is 0 Å². The number of hydrogen-bond donors (Lipinski definition) is 1. The molecule has 0 saturated heterocycles. The van der Waals surface area contributed by atoms with Crippen molar-refractivity contribution in [3.63, 3.8) is 0 Å². The number of hydrogen-bond acceptors (Lipinski definition) is 7. The summed E-state index contributed by atoms with van der Waals surface area (Å²) in [6.07, 6.45) is -0.0756. The number of ether oxygens (including phenoxy) is 3. The predicted octanol–water partition coefficient (Wildman–Crippen LogP) is 4.21. The molecule has 180 valence electrons. The van der Waals surface area contributed by atoms with Crippen LogP contribution in [0.15, 0.2) is 47.6 Å². The molecule has 35 heavy (non-hydrogen) atoms. The van der Waals surface area contributed by atoms with E-state index in [1.54, 1.807) is 13.2 Å². The predicted molar refractivity (Wildman–Crippen MR) is 128 cm³/mol. The van der Waals surface area contributed by atoms with Gasteiger partial charge in [-0.05, 0) is 42.0 Å². The first kappa shape index (κ1) is 22.9. The van der Waals surface area contributed by atoms with Crippen LogP contribution in [0.3, 0.4) is 0 Å². The second-order valence-corrected chi connectivity index (χ2v) is 8.54. The van der Waals surface area contributed by atoms with E-state index in [9.17, 15) is 9.59 Å². The van der Waals surface area contributed by atoms with Gasteiger partial charge in [0, 0.05) is 29.9 Å². The Morgan fingerprint density at radius 3 is 2.51 bits per heavy atom. The smallest absolute Gasteiger partial charge is 0.303 e. The van der Waals surface area contributed by atoms with Gasteiger partial charge in [-0.15, -0.1) is 0 Å². The first-order valence-corrected chi connectivity index (χ1v) is 11.5. The van der Waals surface area contributed by atoms with Gasteiger partial charge in [0.15, 0.2) is 11.5 Å². The minimum atomic E-state index is -1.05. The van der Waals surface area contributed by atoms with Crippen molar-refractivity contribution in [3.05, 3.63) is 58.7 Å². The first-order chi connectivity index (χ1) is 16.9. The number of fused-ring (bicyclic) bond motifs is 2. The molecule has 1 aromatic heterocycles. The lowest BCUT2D eigenvalue weighted by molar-refractivity contribution is -0.141. The number of carbonyl (C=O) groups is 2. The summed E-state index contributed by atoms with van der Waals surface area (Å²) in [4.78, 5) is 28.6. The summed E-state index contributed by atoms with van der Waals surface area (Å²) in [7, 11) is 1.59. The molecule has 1 N–H and O–H groups in total. The number of benzene rings is 2. The highest BCUT2D eigenvalue weighted by atomic mass is 35.5. The molecule has 9 nitrogen and oxygen atoms in total. The van der Waals surface area contributed by atoms with Crippen LogP contribution >= 0.6 is 11.6 Å². The van der Waals surface area contributed by atoms with Crippen molar-refractivity contribution < 1.29 is 28.9 Å². The normalized spacial score (nSPS) is 16.8. The van der Waals surface area contributed by atoms with Crippen molar-refractivity contribution in [3.8, 4) is 17.2 Å². The van der Waals surface area contributed by atoms with Crippen molar-refractivity contribution >= 4 is 40.1 Å². The van der Waals surface area contributed by atoms with Gasteiger partial charge in [-0.1, -0.05) is 11.6 Å². The molecular weight excluding hydrogens is 474 g/mol. The van der Waals surface area contributed by atoms with Gasteiger partial charge in [-0.3, -0.25) is 9.59 Å². The van der Waals surface area contributed by atoms with Gasteiger partial charge in [-0.2, -0.15) is 5.10 Å². The lowest BCUT2D eigenvalue weighted by Crippen LogP contribution is -2.27. The second kappa shape index (κ2) is 9.42. The number of hydrazone groups is 1. The number of amides is 1. The highest BCUT2D eigenvalue weighted by molar-refractivity contribution is 6.30. The standard InChI is InChI=1S/C25H22ClN3O6/c1-33-16-4-2-14(3-5-16)19-12-20(29(28-19)23(30)6-7-24(31)32)17-10-15-11-21-22(35-9-8-34-21)13-18(15)27-25(17)26/h2-5,10-11,13,20H,6-9,12H2,1H3,(H,31,32)/t20-/m0/s1. The maximum atomic E-state index is 13.0. The highest BCUT2D eigenvalue weighted by Gasteiger charge is 2.35. The molecule has 0 saturated carbocycles. The fourth-order valence-corrected chi connectivity index (χ4v) is 4.48. The average molecular weight is 496 g/mol. The van der Waals surface area contributed by atoms with Crippen molar-refractivity contribution in [1.29, 1.82) is 0 Å². The molecular formula is C25H22ClN3O6. The second-order valence-electron chi connectivity index (χ2n) is 8.18. The van der Waals surface area contributed by atoms with E-state index in [-0.39, 0.29) is 18.0 Å². The number of carbonyl (C=O) groups excluding carboxylic acids is 1. The maximum Gasteiger partial charge on any atom is 0.303 e. The molecule has 5 rings (SSSR count). The Morgan fingerprint density at radius 1 is 1.11 bits per heavy atom. The monoisotopic (exact) mass is 495 g/mol. The Labute approximate surface area is 205 Å². The van der Waals surface area contributed by atoms with Crippen LogP contribution < -0.4 is 14.2 Å². The zero-order chi connectivity index (χ0) is 24.5. The Kier molecular flexibility index (Phi) is 6.17. The molecule has 0 fully saturated rings. The topological polar surface area (TPSA) is 111 Å². The van der Waals surface area contributed by atoms with Crippen LogP contribution in [-0.4, -0.2) is 53.0 Å². The third-order valence-electron chi connectivity index (χ3n) is 5.96. The van der Waals surface area contributed by atoms with Crippen LogP contribution in [-0.2, 0) is 9.59 Å². The Morgan fingerprint density at radius 2 is 1.83 bits per heavy atom. The van der Waals surface area contributed by atoms with Gasteiger partial charge < -0.3 is 19.3 Å². The van der Waals surface area contributed by atoms with Crippen LogP contribution in [0, 0.1) is 0 Å². The minimum Gasteiger partial charge on any atom is -0.497 e. The van der Waals surface area contributed by atoms with Crippen LogP contribution in [0.4, 0.5) is 0 Å². The van der Waals surface area contributed by atoms with Crippen LogP contribution in [0.5, 0.6) is 17.2 Å². The number of rotatable bonds is 6. The van der Waals surface area contributed by atoms with E-state index < -0.39 is 17.9 Å². The van der Waals surface area contributed by atoms with E-state index in [0.29, 0.717) is 53.7 Å². The van der Waals surface area contributed by atoms with E-state index in [0.717, 1.165) is 10.9 Å². The summed E-state index contributed by atoms with van der Waals surface area (Å²) in [6, 6.07) is 12.3. The van der Waals surface area contributed by atoms with Gasteiger partial charge in [-0.25, -0.2) is 9.99 Å². The summed E-state index contributed by atoms with van der Waals surface area (Å²) >= 11 is 6.61. The summed E-state index contributed by atoms with van der Waals surface area (Å²) in [6.45, 7) is 0.922. The number of aromatic nitrogens is 1. The summed E-state index contributed by atoms with van der Waals surface area (Å²) < 4.78 is 16.6. The summed E-state index contributed by atoms with van der Waals surface area (Å²) in [5.74, 6) is 0.478. The van der Waals surface area contributed by atoms with Gasteiger partial charge >= 0.3 is 5.97 Å². The lowest BCUT2D eigenvalue weighted by Gasteiger charge is -2.23. The van der Waals surface area contributed by atoms with E-state index in [1.807, 2.05) is 36.4 Å². The molecule has 0 spiro atoms. The number of halogens is 1. The Hall–Kier alpha value is -3.85. The van der Waals surface area contributed by atoms with Gasteiger partial charge in [0.05, 0.1) is 30.8 Å². The van der Waals surface area contributed by atoms with Crippen molar-refractivity contribution in [2.24, 2.45) is 5.10 Å². The average Bonchev–Trinajstić information content (AvgIpc) is 3.31. The van der Waals surface area contributed by atoms with Crippen molar-refractivity contribution in [1.82, 2.24) is 9.99 Å². The zero-order valence-corrected chi connectivity index (χ0v) is 19.6. The molecule has 1 atom stereocenters. The fraction of sp³-hybridized carbons (Fsp3) is 0.280. The molecule has 10 heteroatoms. The largest absolute Gasteiger partial charge is 0.497 e. The highest BCUT2D eigenvalue weighted by Crippen LogP contribution is 2.40. The van der Waals surface area contributed by atoms with Gasteiger partial charge in [0.1, 0.15) is 24.1 Å². The Balaban J connectivity index is 1.53. The SMILES string of the molecule is COc1ccc(C2=NN(C(=O)CCC(=O)O)[C@H](c3cc4cc5c(cc4nc3Cl)OCCO5)C2)cc1. The lowest BCUT2D eigenvalue weighted by atomic mass is 9.98. The molecule has 3 aromatic rings. The summed E-state index contributed by atoms with van der Waals surface area (Å²) in [5.41, 5.74) is 2.77. The molecule has 0 aliphatic carbocycles. The number of carboxylic acid groups (broad SMARTS) is 1. The number of methoxy groups -OCH3 is 1. The minimum absolute atomic E-state index is 0.178. The number of aliphatic carboxylic acids is 1. The Bertz CT molecular complexity index is 1340. The van der Waals surface area contributed by atoms with E-state index in [1.165, 1.54) is 5.01 Å². The molecule has 2 aliphatic rings. The number of nitrogens with zero attached hydrogens (tertiary/aromatic N) is 3. The molecule has 0 radical (unpaired) electrons. The number of pyridine rings is 1. The molecule has 0 unspecified atom stereocenters. The van der Waals surface area contributed by atoms with Crippen LogP contribution in [0.25, 0.3) is 10.9 Å². The van der Waals surface area contributed by atoms with E-state index in [2.05, 4.69) is 10.1 Å². The van der Waals surface area contributed by atoms with Crippen LogP contribution in [0.1, 0.15) is 36.4 Å². The van der Waals surface area contributed by atoms with Crippen molar-refractivity contribution in [2.75, 3.05) is 20.3 Å². The first-order valence-electron chi connectivity index (χ1n) is 11.1. The van der Waals surface area contributed by atoms with Gasteiger partial charge in [0.2, 0.25) is 5.91 Å². The van der Waals surface area contributed by atoms with E-state index in [4.69, 9.17) is 30.9 Å². The van der Waals surface area contributed by atoms with Crippen LogP contribution in [0.2, 0.25) is 5.15 Å².